The molecule has 2 unspecified atom stereocenters. The van der Waals surface area contributed by atoms with Crippen LogP contribution in [-0.2, 0) is 24.1 Å². The Hall–Kier alpha value is -2.87. The monoisotopic (exact) mass is 372 g/mol. The van der Waals surface area contributed by atoms with Gasteiger partial charge in [-0.15, -0.1) is 0 Å². The molecule has 0 radical (unpaired) electrons. The Kier molecular flexibility index (Phi) is 6.65. The SMILES string of the molecule is CC(CCc1ccccc1)(Cc1ccccc1)C(Cc1ccccc1)C(=O)O. The third-order valence-electron chi connectivity index (χ3n) is 5.70. The van der Waals surface area contributed by atoms with Gasteiger partial charge in [0.1, 0.15) is 0 Å². The third kappa shape index (κ3) is 5.32. The number of carbonyl (C=O) groups is 1. The van der Waals surface area contributed by atoms with E-state index in [4.69, 9.17) is 0 Å². The van der Waals surface area contributed by atoms with E-state index < -0.39 is 11.9 Å². The molecule has 28 heavy (non-hydrogen) atoms. The molecule has 0 spiro atoms. The molecule has 0 bridgehead atoms. The Labute approximate surface area is 167 Å². The summed E-state index contributed by atoms with van der Waals surface area (Å²) in [6.45, 7) is 2.14. The maximum Gasteiger partial charge on any atom is 0.307 e. The quantitative estimate of drug-likeness (QED) is 0.514. The normalized spacial score (nSPS) is 14.2. The van der Waals surface area contributed by atoms with Crippen LogP contribution in [0.5, 0.6) is 0 Å². The first-order valence-electron chi connectivity index (χ1n) is 9.91. The highest BCUT2D eigenvalue weighted by Crippen LogP contribution is 2.39. The molecule has 0 aliphatic heterocycles. The molecule has 0 heterocycles. The summed E-state index contributed by atoms with van der Waals surface area (Å²) < 4.78 is 0. The Balaban J connectivity index is 1.88. The van der Waals surface area contributed by atoms with Crippen molar-refractivity contribution in [2.45, 2.75) is 32.6 Å². The Morgan fingerprint density at radius 1 is 0.786 bits per heavy atom. The number of rotatable bonds is 9. The molecule has 0 fully saturated rings. The van der Waals surface area contributed by atoms with E-state index in [-0.39, 0.29) is 5.41 Å². The second-order valence-corrected chi connectivity index (χ2v) is 7.88. The second-order valence-electron chi connectivity index (χ2n) is 7.88. The van der Waals surface area contributed by atoms with Gasteiger partial charge in [0.05, 0.1) is 5.92 Å². The minimum Gasteiger partial charge on any atom is -0.481 e. The topological polar surface area (TPSA) is 37.3 Å². The fourth-order valence-corrected chi connectivity index (χ4v) is 4.00. The lowest BCUT2D eigenvalue weighted by molar-refractivity contribution is -0.146. The fraction of sp³-hybridized carbons (Fsp3) is 0.269. The van der Waals surface area contributed by atoms with Crippen LogP contribution in [0, 0.1) is 11.3 Å². The molecule has 2 heteroatoms. The lowest BCUT2D eigenvalue weighted by atomic mass is 9.67. The maximum absolute atomic E-state index is 12.4. The zero-order chi connectivity index (χ0) is 19.8. The van der Waals surface area contributed by atoms with Crippen LogP contribution in [-0.4, -0.2) is 11.1 Å². The van der Waals surface area contributed by atoms with Crippen molar-refractivity contribution in [1.82, 2.24) is 0 Å². The molecule has 2 atom stereocenters. The van der Waals surface area contributed by atoms with Crippen LogP contribution < -0.4 is 0 Å². The van der Waals surface area contributed by atoms with Gasteiger partial charge in [-0.3, -0.25) is 4.79 Å². The van der Waals surface area contributed by atoms with Crippen LogP contribution in [0.4, 0.5) is 0 Å². The smallest absolute Gasteiger partial charge is 0.307 e. The largest absolute Gasteiger partial charge is 0.481 e. The van der Waals surface area contributed by atoms with Crippen molar-refractivity contribution in [2.24, 2.45) is 11.3 Å². The molecule has 0 aliphatic carbocycles. The van der Waals surface area contributed by atoms with E-state index in [0.717, 1.165) is 24.8 Å². The number of carboxylic acids is 1. The summed E-state index contributed by atoms with van der Waals surface area (Å²) in [5.74, 6) is -1.16. The molecule has 0 amide bonds. The van der Waals surface area contributed by atoms with E-state index in [2.05, 4.69) is 31.2 Å². The van der Waals surface area contributed by atoms with Crippen LogP contribution in [0.1, 0.15) is 30.0 Å². The molecule has 2 nitrogen and oxygen atoms in total. The van der Waals surface area contributed by atoms with Crippen molar-refractivity contribution in [3.05, 3.63) is 108 Å². The van der Waals surface area contributed by atoms with Crippen molar-refractivity contribution < 1.29 is 9.90 Å². The molecule has 3 aromatic rings. The molecule has 3 rings (SSSR count). The van der Waals surface area contributed by atoms with Gasteiger partial charge in [0.2, 0.25) is 0 Å². The standard InChI is InChI=1S/C26H28O2/c1-26(20-23-15-9-4-10-16-23,18-17-21-11-5-2-6-12-21)24(25(27)28)19-22-13-7-3-8-14-22/h2-16,24H,17-20H2,1H3,(H,27,28). The third-order valence-corrected chi connectivity index (χ3v) is 5.70. The van der Waals surface area contributed by atoms with Gasteiger partial charge in [-0.25, -0.2) is 0 Å². The van der Waals surface area contributed by atoms with Crippen LogP contribution in [0.25, 0.3) is 0 Å². The van der Waals surface area contributed by atoms with Gasteiger partial charge in [0.25, 0.3) is 0 Å². The minimum absolute atomic E-state index is 0.348. The van der Waals surface area contributed by atoms with Crippen molar-refractivity contribution in [1.29, 1.82) is 0 Å². The Bertz CT molecular complexity index is 859. The lowest BCUT2D eigenvalue weighted by Gasteiger charge is -2.36. The Morgan fingerprint density at radius 2 is 1.25 bits per heavy atom. The molecule has 3 aromatic carbocycles. The summed E-state index contributed by atoms with van der Waals surface area (Å²) in [4.78, 5) is 12.4. The van der Waals surface area contributed by atoms with E-state index in [1.807, 2.05) is 66.7 Å². The van der Waals surface area contributed by atoms with E-state index in [1.165, 1.54) is 11.1 Å². The van der Waals surface area contributed by atoms with Gasteiger partial charge in [0, 0.05) is 0 Å². The lowest BCUT2D eigenvalue weighted by Crippen LogP contribution is -2.37. The zero-order valence-electron chi connectivity index (χ0n) is 16.4. The highest BCUT2D eigenvalue weighted by Gasteiger charge is 2.39. The summed E-state index contributed by atoms with van der Waals surface area (Å²) in [6.07, 6.45) is 3.01. The fourth-order valence-electron chi connectivity index (χ4n) is 4.00. The van der Waals surface area contributed by atoms with Crippen LogP contribution in [0.3, 0.4) is 0 Å². The van der Waals surface area contributed by atoms with E-state index in [0.29, 0.717) is 6.42 Å². The number of hydrogen-bond acceptors (Lipinski definition) is 1. The predicted octanol–water partition coefficient (Wildman–Crippen LogP) is 5.81. The number of carboxylic acid groups (broad SMARTS) is 1. The summed E-state index contributed by atoms with van der Waals surface area (Å²) >= 11 is 0. The average molecular weight is 373 g/mol. The van der Waals surface area contributed by atoms with E-state index in [9.17, 15) is 9.90 Å². The summed E-state index contributed by atoms with van der Waals surface area (Å²) in [5, 5.41) is 10.1. The molecule has 0 saturated carbocycles. The van der Waals surface area contributed by atoms with Gasteiger partial charge in [-0.05, 0) is 47.8 Å². The summed E-state index contributed by atoms with van der Waals surface area (Å²) in [5.41, 5.74) is 3.18. The molecule has 0 aliphatic rings. The van der Waals surface area contributed by atoms with Gasteiger partial charge < -0.3 is 5.11 Å². The van der Waals surface area contributed by atoms with Gasteiger partial charge in [-0.2, -0.15) is 0 Å². The predicted molar refractivity (Wildman–Crippen MR) is 114 cm³/mol. The first-order chi connectivity index (χ1) is 13.6. The van der Waals surface area contributed by atoms with Crippen molar-refractivity contribution >= 4 is 5.97 Å². The van der Waals surface area contributed by atoms with Gasteiger partial charge >= 0.3 is 5.97 Å². The average Bonchev–Trinajstić information content (AvgIpc) is 2.72. The second kappa shape index (κ2) is 9.36. The molecular formula is C26H28O2. The molecule has 144 valence electrons. The number of aliphatic carboxylic acids is 1. The van der Waals surface area contributed by atoms with Crippen LogP contribution in [0.2, 0.25) is 0 Å². The van der Waals surface area contributed by atoms with Crippen molar-refractivity contribution in [2.75, 3.05) is 0 Å². The maximum atomic E-state index is 12.4. The van der Waals surface area contributed by atoms with Gasteiger partial charge in [-0.1, -0.05) is 97.9 Å². The van der Waals surface area contributed by atoms with Crippen molar-refractivity contribution in [3.63, 3.8) is 0 Å². The van der Waals surface area contributed by atoms with Crippen LogP contribution in [0.15, 0.2) is 91.0 Å². The Morgan fingerprint density at radius 3 is 1.75 bits per heavy atom. The van der Waals surface area contributed by atoms with Gasteiger partial charge in [0.15, 0.2) is 0 Å². The highest BCUT2D eigenvalue weighted by molar-refractivity contribution is 5.71. The number of aryl methyl sites for hydroxylation is 1. The zero-order valence-corrected chi connectivity index (χ0v) is 16.4. The molecule has 1 N–H and O–H groups in total. The van der Waals surface area contributed by atoms with Crippen molar-refractivity contribution in [3.8, 4) is 0 Å². The molecule has 0 saturated heterocycles. The first-order valence-corrected chi connectivity index (χ1v) is 9.91. The highest BCUT2D eigenvalue weighted by atomic mass is 16.4. The summed E-state index contributed by atoms with van der Waals surface area (Å²) in [7, 11) is 0. The molecular weight excluding hydrogens is 344 g/mol. The van der Waals surface area contributed by atoms with E-state index in [1.54, 1.807) is 0 Å². The van der Waals surface area contributed by atoms with E-state index >= 15 is 0 Å². The minimum atomic E-state index is -0.713. The summed E-state index contributed by atoms with van der Waals surface area (Å²) in [6, 6.07) is 30.6. The molecule has 0 aromatic heterocycles. The van der Waals surface area contributed by atoms with Crippen LogP contribution >= 0.6 is 0 Å². The number of hydrogen-bond donors (Lipinski definition) is 1. The number of benzene rings is 3. The first kappa shape index (κ1) is 19.9.